The summed E-state index contributed by atoms with van der Waals surface area (Å²) in [5.41, 5.74) is 11.2. The lowest BCUT2D eigenvalue weighted by atomic mass is 9.87. The van der Waals surface area contributed by atoms with Crippen molar-refractivity contribution in [2.45, 2.75) is 64.5 Å². The molecule has 3 heterocycles. The molecule has 1 aliphatic carbocycles. The van der Waals surface area contributed by atoms with Crippen LogP contribution in [0.3, 0.4) is 0 Å². The number of hydrazine groups is 1. The van der Waals surface area contributed by atoms with Crippen molar-refractivity contribution >= 4 is 23.4 Å². The van der Waals surface area contributed by atoms with Gasteiger partial charge < -0.3 is 20.3 Å². The van der Waals surface area contributed by atoms with E-state index in [1.54, 1.807) is 0 Å². The highest BCUT2D eigenvalue weighted by atomic mass is 16.6. The molecule has 0 aromatic carbocycles. The van der Waals surface area contributed by atoms with E-state index in [9.17, 15) is 4.79 Å². The van der Waals surface area contributed by atoms with Gasteiger partial charge in [0.15, 0.2) is 11.9 Å². The molecule has 3 aliphatic heterocycles. The molecule has 4 rings (SSSR count). The van der Waals surface area contributed by atoms with Crippen molar-refractivity contribution in [2.75, 3.05) is 13.1 Å². The lowest BCUT2D eigenvalue weighted by Gasteiger charge is -2.37. The zero-order valence-electron chi connectivity index (χ0n) is 22.3. The van der Waals surface area contributed by atoms with Gasteiger partial charge in [-0.25, -0.2) is 4.99 Å². The molecule has 38 heavy (non-hydrogen) atoms. The summed E-state index contributed by atoms with van der Waals surface area (Å²) in [6, 6.07) is 0.144. The van der Waals surface area contributed by atoms with Crippen molar-refractivity contribution in [1.82, 2.24) is 15.8 Å². The first kappa shape index (κ1) is 27.2. The summed E-state index contributed by atoms with van der Waals surface area (Å²) in [6.45, 7) is 13.4. The molecule has 9 nitrogen and oxygen atoms in total. The van der Waals surface area contributed by atoms with E-state index in [0.717, 1.165) is 54.3 Å². The number of hydrogen-bond donors (Lipinski definition) is 3. The number of fused-ring (bicyclic) bond motifs is 1. The summed E-state index contributed by atoms with van der Waals surface area (Å²) in [6.07, 6.45) is 15.8. The number of allylic oxidation sites excluding steroid dienone is 5. The van der Waals surface area contributed by atoms with E-state index in [1.807, 2.05) is 31.2 Å². The Morgan fingerprint density at radius 3 is 3.00 bits per heavy atom. The van der Waals surface area contributed by atoms with Crippen molar-refractivity contribution in [3.05, 3.63) is 72.2 Å². The normalized spacial score (nSPS) is 27.7. The molecule has 3 unspecified atom stereocenters. The van der Waals surface area contributed by atoms with Gasteiger partial charge in [0.1, 0.15) is 5.84 Å². The van der Waals surface area contributed by atoms with Crippen LogP contribution in [0.25, 0.3) is 0 Å². The summed E-state index contributed by atoms with van der Waals surface area (Å²) in [4.78, 5) is 28.8. The first-order valence-electron chi connectivity index (χ1n) is 13.3. The number of nitrogens with zero attached hydrogens (tertiary/aromatic N) is 4. The fourth-order valence-electron chi connectivity index (χ4n) is 4.73. The molecule has 0 bridgehead atoms. The Morgan fingerprint density at radius 1 is 1.37 bits per heavy atom. The summed E-state index contributed by atoms with van der Waals surface area (Å²) < 4.78 is 0. The van der Waals surface area contributed by atoms with E-state index >= 15 is 0 Å². The van der Waals surface area contributed by atoms with Crippen LogP contribution in [-0.2, 0) is 9.63 Å². The average molecular weight is 519 g/mol. The van der Waals surface area contributed by atoms with E-state index in [2.05, 4.69) is 53.1 Å². The number of amidine groups is 2. The maximum absolute atomic E-state index is 10.9. The van der Waals surface area contributed by atoms with Gasteiger partial charge in [0.2, 0.25) is 0 Å². The third-order valence-electron chi connectivity index (χ3n) is 7.05. The Kier molecular flexibility index (Phi) is 8.99. The second-order valence-electron chi connectivity index (χ2n) is 10.1. The van der Waals surface area contributed by atoms with Gasteiger partial charge in [-0.2, -0.15) is 0 Å². The van der Waals surface area contributed by atoms with Gasteiger partial charge in [-0.15, -0.1) is 6.58 Å². The second-order valence-corrected chi connectivity index (χ2v) is 10.1. The van der Waals surface area contributed by atoms with E-state index in [1.165, 1.54) is 5.57 Å². The molecule has 3 N–H and O–H groups in total. The highest BCUT2D eigenvalue weighted by molar-refractivity contribution is 5.97. The Bertz CT molecular complexity index is 1170. The second kappa shape index (κ2) is 12.6. The van der Waals surface area contributed by atoms with Crippen LogP contribution >= 0.6 is 0 Å². The number of oxime groups is 1. The fourth-order valence-corrected chi connectivity index (χ4v) is 4.73. The van der Waals surface area contributed by atoms with Gasteiger partial charge in [0.05, 0.1) is 18.0 Å². The molecule has 3 atom stereocenters. The molecule has 0 aromatic heterocycles. The standard InChI is InChI=1S/C29H38N6O3/c1-5-21(4)35-18-23-14-13-22(15-24(23)31-27(35)11-6-7-12-28(36)37)25-16-26(38-34-25)29-30-17-19(2)9-8-10-20(3)32-33-29/h5,8-10,14-15,21-22,26,32H,1,3,6-7,11-13,16-18H2,2,4H3,(H,30,33)(H,36,37)/b10-8-,19-9-. The van der Waals surface area contributed by atoms with Crippen molar-refractivity contribution in [3.63, 3.8) is 0 Å². The van der Waals surface area contributed by atoms with Crippen LogP contribution in [-0.4, -0.2) is 58.6 Å². The van der Waals surface area contributed by atoms with Gasteiger partial charge in [-0.3, -0.25) is 15.2 Å². The van der Waals surface area contributed by atoms with Crippen molar-refractivity contribution in [2.24, 2.45) is 21.1 Å². The number of hydrogen-bond acceptors (Lipinski definition) is 8. The van der Waals surface area contributed by atoms with E-state index in [-0.39, 0.29) is 24.5 Å². The average Bonchev–Trinajstić information content (AvgIpc) is 3.40. The third-order valence-corrected chi connectivity index (χ3v) is 7.05. The fraction of sp³-hybridized carbons (Fsp3) is 0.448. The first-order valence-corrected chi connectivity index (χ1v) is 13.3. The highest BCUT2D eigenvalue weighted by Crippen LogP contribution is 2.33. The van der Waals surface area contributed by atoms with Crippen LogP contribution in [0.4, 0.5) is 0 Å². The lowest BCUT2D eigenvalue weighted by molar-refractivity contribution is -0.137. The number of aliphatic imine (C=N–C) groups is 2. The van der Waals surface area contributed by atoms with E-state index < -0.39 is 5.97 Å². The minimum absolute atomic E-state index is 0.103. The van der Waals surface area contributed by atoms with Crippen LogP contribution in [0.2, 0.25) is 0 Å². The Hall–Kier alpha value is -3.88. The van der Waals surface area contributed by atoms with Gasteiger partial charge in [-0.1, -0.05) is 41.6 Å². The molecule has 0 radical (unpaired) electrons. The SMILES string of the molecule is C=CC(C)N1CC2=CCC(C3=NOC(/C4=N/C/C(C)=C\C=C/C(=C)NN4)C3)C=C2N=C1CCCCC(=O)O. The van der Waals surface area contributed by atoms with E-state index in [0.29, 0.717) is 25.2 Å². The molecule has 4 aliphatic rings. The molecule has 0 aromatic rings. The number of aliphatic carboxylic acids is 1. The zero-order valence-corrected chi connectivity index (χ0v) is 22.3. The largest absolute Gasteiger partial charge is 0.481 e. The number of carbonyl (C=O) groups is 1. The number of nitrogens with one attached hydrogen (secondary N) is 2. The van der Waals surface area contributed by atoms with Gasteiger partial charge in [0.25, 0.3) is 0 Å². The topological polar surface area (TPSA) is 111 Å². The smallest absolute Gasteiger partial charge is 0.303 e. The Morgan fingerprint density at radius 2 is 2.21 bits per heavy atom. The lowest BCUT2D eigenvalue weighted by Crippen LogP contribution is -2.43. The monoisotopic (exact) mass is 518 g/mol. The summed E-state index contributed by atoms with van der Waals surface area (Å²) in [5.74, 6) is 1.02. The van der Waals surface area contributed by atoms with Crippen molar-refractivity contribution < 1.29 is 14.7 Å². The summed E-state index contributed by atoms with van der Waals surface area (Å²) in [7, 11) is 0. The summed E-state index contributed by atoms with van der Waals surface area (Å²) in [5, 5.41) is 13.4. The van der Waals surface area contributed by atoms with Gasteiger partial charge in [0, 0.05) is 43.5 Å². The minimum Gasteiger partial charge on any atom is -0.481 e. The highest BCUT2D eigenvalue weighted by Gasteiger charge is 2.33. The maximum Gasteiger partial charge on any atom is 0.303 e. The zero-order chi connectivity index (χ0) is 27.1. The predicted molar refractivity (Wildman–Crippen MR) is 152 cm³/mol. The molecule has 0 spiro atoms. The van der Waals surface area contributed by atoms with Crippen LogP contribution < -0.4 is 10.9 Å². The number of carboxylic acids is 1. The van der Waals surface area contributed by atoms with Crippen molar-refractivity contribution in [3.8, 4) is 0 Å². The first-order chi connectivity index (χ1) is 18.3. The minimum atomic E-state index is -0.761. The predicted octanol–water partition coefficient (Wildman–Crippen LogP) is 4.42. The molecule has 0 amide bonds. The van der Waals surface area contributed by atoms with Gasteiger partial charge in [-0.05, 0) is 50.8 Å². The number of carboxylic acid groups (broad SMARTS) is 1. The molecule has 0 saturated carbocycles. The Labute approximate surface area is 224 Å². The van der Waals surface area contributed by atoms with Crippen LogP contribution in [0.1, 0.15) is 52.4 Å². The number of unbranched alkanes of at least 4 members (excludes halogenated alkanes) is 1. The molecule has 0 fully saturated rings. The molecule has 9 heteroatoms. The quantitative estimate of drug-likeness (QED) is 0.308. The molecular weight excluding hydrogens is 480 g/mol. The van der Waals surface area contributed by atoms with Crippen LogP contribution in [0.5, 0.6) is 0 Å². The molecular formula is C29H38N6O3. The molecule has 202 valence electrons. The van der Waals surface area contributed by atoms with Crippen LogP contribution in [0.15, 0.2) is 87.3 Å². The van der Waals surface area contributed by atoms with Gasteiger partial charge >= 0.3 is 5.97 Å². The van der Waals surface area contributed by atoms with Crippen LogP contribution in [0, 0.1) is 5.92 Å². The number of rotatable bonds is 9. The maximum atomic E-state index is 10.9. The van der Waals surface area contributed by atoms with Crippen molar-refractivity contribution in [1.29, 1.82) is 0 Å². The summed E-state index contributed by atoms with van der Waals surface area (Å²) >= 11 is 0. The third kappa shape index (κ3) is 6.90. The molecule has 0 saturated heterocycles. The Balaban J connectivity index is 1.46. The van der Waals surface area contributed by atoms with E-state index in [4.69, 9.17) is 19.9 Å².